The quantitative estimate of drug-likeness (QED) is 0.823. The van der Waals surface area contributed by atoms with Crippen LogP contribution in [0, 0.1) is 6.92 Å². The number of carbonyl (C=O) groups is 1. The molecule has 0 unspecified atom stereocenters. The number of H-pyrrole nitrogens is 1. The first-order valence-electron chi connectivity index (χ1n) is 8.40. The topological polar surface area (TPSA) is 64.2 Å². The van der Waals surface area contributed by atoms with E-state index in [0.29, 0.717) is 18.1 Å². The molecular formula is C19H24N2O3. The van der Waals surface area contributed by atoms with Crippen molar-refractivity contribution >= 4 is 5.97 Å². The summed E-state index contributed by atoms with van der Waals surface area (Å²) in [6, 6.07) is 4.09. The molecule has 0 bridgehead atoms. The molecule has 0 radical (unpaired) electrons. The van der Waals surface area contributed by atoms with Crippen LogP contribution in [0.5, 0.6) is 0 Å². The first kappa shape index (κ1) is 16.7. The highest BCUT2D eigenvalue weighted by atomic mass is 16.5. The van der Waals surface area contributed by atoms with Crippen LogP contribution >= 0.6 is 0 Å². The van der Waals surface area contributed by atoms with Crippen molar-refractivity contribution in [3.8, 4) is 11.3 Å². The molecule has 0 saturated heterocycles. The molecule has 5 nitrogen and oxygen atoms in total. The maximum absolute atomic E-state index is 12.1. The largest absolute Gasteiger partial charge is 0.465 e. The molecule has 0 aliphatic heterocycles. The number of rotatable bonds is 6. The van der Waals surface area contributed by atoms with Crippen LogP contribution < -0.4 is 0 Å². The highest BCUT2D eigenvalue weighted by Crippen LogP contribution is 2.42. The first-order valence-corrected chi connectivity index (χ1v) is 8.40. The standard InChI is InChI=1S/C19H24N2O3/c1-12-9-15(13-5-4-6-13)16(10-14(12)19(22)24-3)17-11-20-18(21-17)7-8-23-2/h9-11,13H,4-8H2,1-3H3,(H,20,21). The number of ether oxygens (including phenoxy) is 2. The molecule has 1 fully saturated rings. The minimum atomic E-state index is -0.298. The number of aryl methyl sites for hydroxylation is 1. The lowest BCUT2D eigenvalue weighted by Gasteiger charge is -2.28. The number of methoxy groups -OCH3 is 2. The van der Waals surface area contributed by atoms with Gasteiger partial charge in [0.05, 0.1) is 31.2 Å². The van der Waals surface area contributed by atoms with E-state index in [2.05, 4.69) is 16.0 Å². The third-order valence-corrected chi connectivity index (χ3v) is 4.81. The third kappa shape index (κ3) is 3.22. The van der Waals surface area contributed by atoms with Crippen molar-refractivity contribution < 1.29 is 14.3 Å². The van der Waals surface area contributed by atoms with E-state index >= 15 is 0 Å². The number of imidazole rings is 1. The summed E-state index contributed by atoms with van der Waals surface area (Å²) < 4.78 is 10.0. The molecule has 1 aliphatic carbocycles. The van der Waals surface area contributed by atoms with Gasteiger partial charge in [0, 0.05) is 19.1 Å². The molecule has 0 atom stereocenters. The summed E-state index contributed by atoms with van der Waals surface area (Å²) in [7, 11) is 3.10. The average molecular weight is 328 g/mol. The van der Waals surface area contributed by atoms with Gasteiger partial charge in [-0.2, -0.15) is 0 Å². The van der Waals surface area contributed by atoms with Crippen LogP contribution in [0.4, 0.5) is 0 Å². The molecule has 1 heterocycles. The van der Waals surface area contributed by atoms with Gasteiger partial charge in [0.2, 0.25) is 0 Å². The van der Waals surface area contributed by atoms with Crippen LogP contribution in [0.2, 0.25) is 0 Å². The van der Waals surface area contributed by atoms with Gasteiger partial charge in [0.1, 0.15) is 5.82 Å². The zero-order valence-corrected chi connectivity index (χ0v) is 14.5. The van der Waals surface area contributed by atoms with Gasteiger partial charge in [0.15, 0.2) is 0 Å². The summed E-state index contributed by atoms with van der Waals surface area (Å²) in [4.78, 5) is 19.9. The van der Waals surface area contributed by atoms with Gasteiger partial charge in [0.25, 0.3) is 0 Å². The molecule has 1 aromatic heterocycles. The molecule has 1 N–H and O–H groups in total. The van der Waals surface area contributed by atoms with E-state index in [1.807, 2.05) is 19.2 Å². The van der Waals surface area contributed by atoms with E-state index in [1.165, 1.54) is 31.9 Å². The van der Waals surface area contributed by atoms with Crippen LogP contribution in [0.15, 0.2) is 18.3 Å². The number of hydrogen-bond acceptors (Lipinski definition) is 4. The molecule has 1 aliphatic rings. The maximum Gasteiger partial charge on any atom is 0.338 e. The Bertz CT molecular complexity index is 732. The fourth-order valence-electron chi connectivity index (χ4n) is 3.18. The van der Waals surface area contributed by atoms with Crippen molar-refractivity contribution in [2.24, 2.45) is 0 Å². The zero-order valence-electron chi connectivity index (χ0n) is 14.5. The van der Waals surface area contributed by atoms with Gasteiger partial charge in [-0.15, -0.1) is 0 Å². The van der Waals surface area contributed by atoms with E-state index in [-0.39, 0.29) is 5.97 Å². The molecule has 1 aromatic carbocycles. The summed E-state index contributed by atoms with van der Waals surface area (Å²) in [6.07, 6.45) is 6.26. The van der Waals surface area contributed by atoms with Crippen LogP contribution in [-0.4, -0.2) is 36.8 Å². The van der Waals surface area contributed by atoms with Crippen molar-refractivity contribution in [1.29, 1.82) is 0 Å². The molecule has 0 spiro atoms. The maximum atomic E-state index is 12.1. The summed E-state index contributed by atoms with van der Waals surface area (Å²) in [5.74, 6) is 1.16. The lowest BCUT2D eigenvalue weighted by atomic mass is 9.76. The Labute approximate surface area is 142 Å². The van der Waals surface area contributed by atoms with E-state index in [9.17, 15) is 4.79 Å². The van der Waals surface area contributed by atoms with Crippen LogP contribution in [0.1, 0.15) is 52.5 Å². The number of nitrogens with zero attached hydrogens (tertiary/aromatic N) is 1. The minimum Gasteiger partial charge on any atom is -0.465 e. The molecule has 24 heavy (non-hydrogen) atoms. The Morgan fingerprint density at radius 1 is 1.33 bits per heavy atom. The highest BCUT2D eigenvalue weighted by molar-refractivity contribution is 5.93. The lowest BCUT2D eigenvalue weighted by molar-refractivity contribution is 0.0600. The Kier molecular flexibility index (Phi) is 5.00. The van der Waals surface area contributed by atoms with Crippen LogP contribution in [0.3, 0.4) is 0 Å². The van der Waals surface area contributed by atoms with E-state index in [4.69, 9.17) is 9.47 Å². The highest BCUT2D eigenvalue weighted by Gasteiger charge is 2.25. The van der Waals surface area contributed by atoms with E-state index in [0.717, 1.165) is 29.1 Å². The number of aromatic nitrogens is 2. The summed E-state index contributed by atoms with van der Waals surface area (Å²) in [5, 5.41) is 0. The molecular weight excluding hydrogens is 304 g/mol. The predicted molar refractivity (Wildman–Crippen MR) is 92.3 cm³/mol. The van der Waals surface area contributed by atoms with Gasteiger partial charge < -0.3 is 14.5 Å². The summed E-state index contributed by atoms with van der Waals surface area (Å²) in [6.45, 7) is 2.60. The fraction of sp³-hybridized carbons (Fsp3) is 0.474. The van der Waals surface area contributed by atoms with Gasteiger partial charge >= 0.3 is 5.97 Å². The van der Waals surface area contributed by atoms with Gasteiger partial charge in [-0.05, 0) is 42.9 Å². The zero-order chi connectivity index (χ0) is 17.1. The number of benzene rings is 1. The number of carbonyl (C=O) groups excluding carboxylic acids is 1. The summed E-state index contributed by atoms with van der Waals surface area (Å²) in [5.41, 5.74) is 4.89. The SMILES string of the molecule is COCCc1ncc(-c2cc(C(=O)OC)c(C)cc2C2CCC2)[nH]1. The van der Waals surface area contributed by atoms with Gasteiger partial charge in [-0.25, -0.2) is 9.78 Å². The van der Waals surface area contributed by atoms with Gasteiger partial charge in [-0.3, -0.25) is 0 Å². The molecule has 128 valence electrons. The molecule has 0 amide bonds. The Balaban J connectivity index is 2.02. The normalized spacial score (nSPS) is 14.5. The number of nitrogens with one attached hydrogen (secondary N) is 1. The lowest BCUT2D eigenvalue weighted by Crippen LogP contribution is -2.12. The van der Waals surface area contributed by atoms with Crippen LogP contribution in [-0.2, 0) is 15.9 Å². The Morgan fingerprint density at radius 2 is 2.12 bits per heavy atom. The summed E-state index contributed by atoms with van der Waals surface area (Å²) >= 11 is 0. The molecule has 3 rings (SSSR count). The van der Waals surface area contributed by atoms with Crippen LogP contribution in [0.25, 0.3) is 11.3 Å². The molecule has 2 aromatic rings. The van der Waals surface area contributed by atoms with E-state index < -0.39 is 0 Å². The van der Waals surface area contributed by atoms with Crippen molar-refractivity contribution in [1.82, 2.24) is 9.97 Å². The molecule has 1 saturated carbocycles. The smallest absolute Gasteiger partial charge is 0.338 e. The molecule has 5 heteroatoms. The minimum absolute atomic E-state index is 0.298. The van der Waals surface area contributed by atoms with Gasteiger partial charge in [-0.1, -0.05) is 12.5 Å². The van der Waals surface area contributed by atoms with Crippen molar-refractivity contribution in [3.63, 3.8) is 0 Å². The second kappa shape index (κ2) is 7.18. The van der Waals surface area contributed by atoms with E-state index in [1.54, 1.807) is 7.11 Å². The Hall–Kier alpha value is -2.14. The number of hydrogen-bond donors (Lipinski definition) is 1. The second-order valence-electron chi connectivity index (χ2n) is 6.36. The number of esters is 1. The monoisotopic (exact) mass is 328 g/mol. The Morgan fingerprint density at radius 3 is 2.75 bits per heavy atom. The average Bonchev–Trinajstić information content (AvgIpc) is 2.99. The van der Waals surface area contributed by atoms with Crippen molar-refractivity contribution in [3.05, 3.63) is 40.8 Å². The van der Waals surface area contributed by atoms with Crippen molar-refractivity contribution in [2.45, 2.75) is 38.5 Å². The number of aromatic amines is 1. The first-order chi connectivity index (χ1) is 11.6. The second-order valence-corrected chi connectivity index (χ2v) is 6.36. The third-order valence-electron chi connectivity index (χ3n) is 4.81. The predicted octanol–water partition coefficient (Wildman–Crippen LogP) is 3.63. The fourth-order valence-corrected chi connectivity index (χ4v) is 3.18. The van der Waals surface area contributed by atoms with Crippen molar-refractivity contribution in [2.75, 3.05) is 20.8 Å².